The minimum atomic E-state index is 0.0544. The topological polar surface area (TPSA) is 25.9 Å². The van der Waals surface area contributed by atoms with Crippen LogP contribution in [0.5, 0.6) is 0 Å². The average Bonchev–Trinajstić information content (AvgIpc) is 2.64. The van der Waals surface area contributed by atoms with Crippen LogP contribution in [0.25, 0.3) is 0 Å². The number of imidazole rings is 1. The lowest BCUT2D eigenvalue weighted by atomic mass is 10.1. The SMILES string of the molecule is C[n+]1ccn(CC(=O)c2cccc(Cl)c2)c1. The molecular formula is C12H12ClN2O+. The van der Waals surface area contributed by atoms with Crippen molar-refractivity contribution in [3.05, 3.63) is 53.6 Å². The zero-order valence-corrected chi connectivity index (χ0v) is 9.69. The van der Waals surface area contributed by atoms with E-state index in [0.29, 0.717) is 17.1 Å². The van der Waals surface area contributed by atoms with E-state index in [1.165, 1.54) is 0 Å². The average molecular weight is 236 g/mol. The lowest BCUT2D eigenvalue weighted by Gasteiger charge is -1.98. The van der Waals surface area contributed by atoms with Gasteiger partial charge in [0, 0.05) is 10.6 Å². The fourth-order valence-corrected chi connectivity index (χ4v) is 1.70. The monoisotopic (exact) mass is 235 g/mol. The maximum absolute atomic E-state index is 11.9. The van der Waals surface area contributed by atoms with Crippen molar-refractivity contribution in [2.45, 2.75) is 6.54 Å². The lowest BCUT2D eigenvalue weighted by Crippen LogP contribution is -2.24. The number of hydrogen-bond acceptors (Lipinski definition) is 1. The summed E-state index contributed by atoms with van der Waals surface area (Å²) in [5, 5.41) is 0.587. The zero-order chi connectivity index (χ0) is 11.5. The first-order chi connectivity index (χ1) is 7.65. The molecular weight excluding hydrogens is 224 g/mol. The number of aromatic nitrogens is 2. The van der Waals surface area contributed by atoms with Crippen LogP contribution in [0, 0.1) is 0 Å². The second-order valence-corrected chi connectivity index (χ2v) is 4.12. The molecule has 0 spiro atoms. The van der Waals surface area contributed by atoms with Gasteiger partial charge in [0.1, 0.15) is 12.4 Å². The van der Waals surface area contributed by atoms with Gasteiger partial charge in [0.25, 0.3) is 0 Å². The number of carbonyl (C=O) groups excluding carboxylic acids is 1. The number of rotatable bonds is 3. The molecule has 0 saturated heterocycles. The quantitative estimate of drug-likeness (QED) is 0.589. The summed E-state index contributed by atoms with van der Waals surface area (Å²) in [6.45, 7) is 0.335. The fraction of sp³-hybridized carbons (Fsp3) is 0.167. The second-order valence-electron chi connectivity index (χ2n) is 3.68. The van der Waals surface area contributed by atoms with Gasteiger partial charge in [-0.15, -0.1) is 0 Å². The van der Waals surface area contributed by atoms with Gasteiger partial charge in [-0.3, -0.25) is 4.79 Å². The molecule has 16 heavy (non-hydrogen) atoms. The Labute approximate surface area is 98.9 Å². The van der Waals surface area contributed by atoms with Gasteiger partial charge in [-0.2, -0.15) is 0 Å². The Balaban J connectivity index is 2.14. The minimum Gasteiger partial charge on any atom is -0.290 e. The van der Waals surface area contributed by atoms with E-state index >= 15 is 0 Å². The van der Waals surface area contributed by atoms with Crippen LogP contribution in [0.2, 0.25) is 5.02 Å². The first-order valence-corrected chi connectivity index (χ1v) is 5.33. The maximum atomic E-state index is 11.9. The Bertz CT molecular complexity index is 519. The Kier molecular flexibility index (Phi) is 3.06. The van der Waals surface area contributed by atoms with Crippen LogP contribution in [-0.4, -0.2) is 10.4 Å². The normalized spacial score (nSPS) is 10.4. The summed E-state index contributed by atoms with van der Waals surface area (Å²) < 4.78 is 3.73. The number of ketones is 1. The summed E-state index contributed by atoms with van der Waals surface area (Å²) in [5.74, 6) is 0.0544. The molecule has 0 aliphatic rings. The molecule has 0 N–H and O–H groups in total. The highest BCUT2D eigenvalue weighted by molar-refractivity contribution is 6.31. The van der Waals surface area contributed by atoms with E-state index in [-0.39, 0.29) is 5.78 Å². The number of hydrogen-bond donors (Lipinski definition) is 0. The number of Topliss-reactive ketones (excluding diaryl/α,β-unsaturated/α-hetero) is 1. The van der Waals surface area contributed by atoms with E-state index in [1.54, 1.807) is 24.3 Å². The summed E-state index contributed by atoms with van der Waals surface area (Å²) in [6.07, 6.45) is 5.62. The van der Waals surface area contributed by atoms with E-state index in [2.05, 4.69) is 0 Å². The second kappa shape index (κ2) is 4.49. The third-order valence-corrected chi connectivity index (χ3v) is 2.53. The number of carbonyl (C=O) groups is 1. The van der Waals surface area contributed by atoms with Crippen LogP contribution >= 0.6 is 11.6 Å². The zero-order valence-electron chi connectivity index (χ0n) is 8.93. The molecule has 0 aliphatic carbocycles. The van der Waals surface area contributed by atoms with Gasteiger partial charge in [-0.1, -0.05) is 23.7 Å². The third-order valence-electron chi connectivity index (χ3n) is 2.30. The van der Waals surface area contributed by atoms with E-state index in [9.17, 15) is 4.79 Å². The van der Waals surface area contributed by atoms with Crippen molar-refractivity contribution in [3.63, 3.8) is 0 Å². The van der Waals surface area contributed by atoms with Gasteiger partial charge in [-0.25, -0.2) is 9.13 Å². The van der Waals surface area contributed by atoms with Crippen molar-refractivity contribution >= 4 is 17.4 Å². The summed E-state index contributed by atoms with van der Waals surface area (Å²) in [4.78, 5) is 11.9. The van der Waals surface area contributed by atoms with Gasteiger partial charge in [0.2, 0.25) is 12.1 Å². The van der Waals surface area contributed by atoms with Gasteiger partial charge in [0.15, 0.2) is 6.54 Å². The van der Waals surface area contributed by atoms with E-state index < -0.39 is 0 Å². The summed E-state index contributed by atoms with van der Waals surface area (Å²) in [6, 6.07) is 7.00. The molecule has 0 radical (unpaired) electrons. The number of halogens is 1. The number of benzene rings is 1. The molecule has 0 aliphatic heterocycles. The van der Waals surface area contributed by atoms with Crippen LogP contribution in [0.3, 0.4) is 0 Å². The minimum absolute atomic E-state index is 0.0544. The molecule has 1 aromatic carbocycles. The Morgan fingerprint density at radius 1 is 1.50 bits per heavy atom. The fourth-order valence-electron chi connectivity index (χ4n) is 1.51. The molecule has 0 bridgehead atoms. The van der Waals surface area contributed by atoms with Crippen LogP contribution in [0.4, 0.5) is 0 Å². The van der Waals surface area contributed by atoms with Gasteiger partial charge in [-0.05, 0) is 12.1 Å². The standard InChI is InChI=1S/C12H12ClN2O/c1-14-5-6-15(9-14)8-12(16)10-3-2-4-11(13)7-10/h2-7,9H,8H2,1H3/q+1. The maximum Gasteiger partial charge on any atom is 0.243 e. The third kappa shape index (κ3) is 2.49. The molecule has 0 unspecified atom stereocenters. The van der Waals surface area contributed by atoms with Crippen molar-refractivity contribution in [2.24, 2.45) is 7.05 Å². The van der Waals surface area contributed by atoms with E-state index in [4.69, 9.17) is 11.6 Å². The predicted octanol–water partition coefficient (Wildman–Crippen LogP) is 1.85. The molecule has 0 fully saturated rings. The van der Waals surface area contributed by atoms with Gasteiger partial charge in [0.05, 0.1) is 7.05 Å². The first-order valence-electron chi connectivity index (χ1n) is 4.95. The van der Waals surface area contributed by atoms with Crippen LogP contribution in [0.1, 0.15) is 10.4 Å². The molecule has 2 rings (SSSR count). The molecule has 0 saturated carbocycles. The Hall–Kier alpha value is -1.61. The highest BCUT2D eigenvalue weighted by Crippen LogP contribution is 2.11. The number of nitrogens with zero attached hydrogens (tertiary/aromatic N) is 2. The molecule has 2 aromatic rings. The first kappa shape index (κ1) is 10.9. The van der Waals surface area contributed by atoms with Gasteiger partial charge >= 0.3 is 0 Å². The Morgan fingerprint density at radius 3 is 2.94 bits per heavy atom. The lowest BCUT2D eigenvalue weighted by molar-refractivity contribution is -0.671. The molecule has 82 valence electrons. The van der Waals surface area contributed by atoms with E-state index in [1.807, 2.05) is 34.9 Å². The molecule has 3 nitrogen and oxygen atoms in total. The summed E-state index contributed by atoms with van der Waals surface area (Å²) in [7, 11) is 1.92. The van der Waals surface area contributed by atoms with E-state index in [0.717, 1.165) is 0 Å². The molecule has 1 aromatic heterocycles. The summed E-state index contributed by atoms with van der Waals surface area (Å²) in [5.41, 5.74) is 0.642. The van der Waals surface area contributed by atoms with Crippen LogP contribution < -0.4 is 4.57 Å². The van der Waals surface area contributed by atoms with Crippen molar-refractivity contribution in [2.75, 3.05) is 0 Å². The Morgan fingerprint density at radius 2 is 2.31 bits per heavy atom. The largest absolute Gasteiger partial charge is 0.290 e. The number of aryl methyl sites for hydroxylation is 1. The highest BCUT2D eigenvalue weighted by Gasteiger charge is 2.10. The van der Waals surface area contributed by atoms with Gasteiger partial charge < -0.3 is 0 Å². The van der Waals surface area contributed by atoms with Crippen molar-refractivity contribution < 1.29 is 9.36 Å². The molecule has 0 atom stereocenters. The predicted molar refractivity (Wildman–Crippen MR) is 61.4 cm³/mol. The molecule has 1 heterocycles. The van der Waals surface area contributed by atoms with Crippen LogP contribution in [0.15, 0.2) is 43.0 Å². The smallest absolute Gasteiger partial charge is 0.243 e. The van der Waals surface area contributed by atoms with Crippen LogP contribution in [-0.2, 0) is 13.6 Å². The summed E-state index contributed by atoms with van der Waals surface area (Å²) >= 11 is 5.83. The molecule has 4 heteroatoms. The van der Waals surface area contributed by atoms with Crippen molar-refractivity contribution in [3.8, 4) is 0 Å². The highest BCUT2D eigenvalue weighted by atomic mass is 35.5. The van der Waals surface area contributed by atoms with Crippen molar-refractivity contribution in [1.29, 1.82) is 0 Å². The van der Waals surface area contributed by atoms with Crippen molar-refractivity contribution in [1.82, 2.24) is 4.57 Å². The molecule has 0 amide bonds.